The molecule has 0 spiro atoms. The van der Waals surface area contributed by atoms with Gasteiger partial charge >= 0.3 is 0 Å². The first-order valence-electron chi connectivity index (χ1n) is 12.8. The minimum absolute atomic E-state index is 0.123. The van der Waals surface area contributed by atoms with E-state index < -0.39 is 6.04 Å². The van der Waals surface area contributed by atoms with Gasteiger partial charge in [0.05, 0.1) is 17.2 Å². The third-order valence-corrected chi connectivity index (χ3v) is 7.47. The van der Waals surface area contributed by atoms with Crippen LogP contribution in [0, 0.1) is 0 Å². The molecule has 6 nitrogen and oxygen atoms in total. The quantitative estimate of drug-likeness (QED) is 0.312. The second kappa shape index (κ2) is 13.5. The molecule has 0 heterocycles. The molecule has 1 saturated carbocycles. The maximum atomic E-state index is 13.7. The van der Waals surface area contributed by atoms with Crippen molar-refractivity contribution in [2.45, 2.75) is 50.7 Å². The van der Waals surface area contributed by atoms with Gasteiger partial charge in [-0.1, -0.05) is 72.4 Å². The number of methoxy groups -OCH3 is 1. The predicted molar refractivity (Wildman–Crippen MR) is 150 cm³/mol. The van der Waals surface area contributed by atoms with E-state index in [0.717, 1.165) is 36.8 Å². The summed E-state index contributed by atoms with van der Waals surface area (Å²) in [5, 5.41) is 4.01. The zero-order valence-electron chi connectivity index (χ0n) is 21.4. The van der Waals surface area contributed by atoms with Crippen LogP contribution in [0.25, 0.3) is 0 Å². The Morgan fingerprint density at radius 3 is 2.26 bits per heavy atom. The van der Waals surface area contributed by atoms with Crippen LogP contribution in [-0.4, -0.2) is 42.5 Å². The number of benzene rings is 3. The second-order valence-electron chi connectivity index (χ2n) is 9.43. The van der Waals surface area contributed by atoms with Crippen molar-refractivity contribution >= 4 is 35.0 Å². The van der Waals surface area contributed by atoms with Crippen LogP contribution in [-0.2, 0) is 22.6 Å². The van der Waals surface area contributed by atoms with Crippen LogP contribution in [0.1, 0.15) is 36.8 Å². The van der Waals surface area contributed by atoms with E-state index in [9.17, 15) is 9.59 Å². The molecule has 0 aromatic heterocycles. The fraction of sp³-hybridized carbons (Fsp3) is 0.333. The Hall–Kier alpha value is -3.22. The highest BCUT2D eigenvalue weighted by molar-refractivity contribution is 6.42. The Balaban J connectivity index is 1.61. The number of rotatable bonds is 11. The molecule has 0 radical (unpaired) electrons. The normalized spacial score (nSPS) is 14.1. The van der Waals surface area contributed by atoms with E-state index in [1.54, 1.807) is 48.4 Å². The average Bonchev–Trinajstić information content (AvgIpc) is 3.45. The van der Waals surface area contributed by atoms with Gasteiger partial charge in [-0.3, -0.25) is 9.59 Å². The van der Waals surface area contributed by atoms with Crippen LogP contribution in [0.15, 0.2) is 72.8 Å². The molecule has 1 atom stereocenters. The molecule has 0 bridgehead atoms. The topological polar surface area (TPSA) is 67.9 Å². The summed E-state index contributed by atoms with van der Waals surface area (Å²) in [6.45, 7) is -0.0487. The molecular formula is C30H32Cl2N2O4. The number of ether oxygens (including phenoxy) is 2. The highest BCUT2D eigenvalue weighted by atomic mass is 35.5. The van der Waals surface area contributed by atoms with E-state index in [0.29, 0.717) is 28.0 Å². The van der Waals surface area contributed by atoms with E-state index in [1.165, 1.54) is 0 Å². The summed E-state index contributed by atoms with van der Waals surface area (Å²) in [5.74, 6) is 0.744. The van der Waals surface area contributed by atoms with Gasteiger partial charge < -0.3 is 19.7 Å². The fourth-order valence-corrected chi connectivity index (χ4v) is 4.98. The molecule has 1 N–H and O–H groups in total. The first-order valence-corrected chi connectivity index (χ1v) is 13.5. The Morgan fingerprint density at radius 1 is 0.921 bits per heavy atom. The molecule has 200 valence electrons. The number of nitrogens with zero attached hydrogens (tertiary/aromatic N) is 1. The van der Waals surface area contributed by atoms with Gasteiger partial charge in [0, 0.05) is 19.0 Å². The first kappa shape index (κ1) is 27.8. The molecule has 2 amide bonds. The van der Waals surface area contributed by atoms with Crippen molar-refractivity contribution < 1.29 is 19.1 Å². The highest BCUT2D eigenvalue weighted by Gasteiger charge is 2.32. The molecule has 4 rings (SSSR count). The summed E-state index contributed by atoms with van der Waals surface area (Å²) in [4.78, 5) is 29.0. The van der Waals surface area contributed by atoms with Crippen molar-refractivity contribution in [3.8, 4) is 11.5 Å². The number of hydrogen-bond donors (Lipinski definition) is 1. The number of halogens is 2. The molecule has 3 aromatic carbocycles. The van der Waals surface area contributed by atoms with Crippen molar-refractivity contribution in [2.24, 2.45) is 0 Å². The lowest BCUT2D eigenvalue weighted by atomic mass is 10.0. The van der Waals surface area contributed by atoms with E-state index in [1.807, 2.05) is 36.4 Å². The summed E-state index contributed by atoms with van der Waals surface area (Å²) in [6.07, 6.45) is 4.46. The largest absolute Gasteiger partial charge is 0.497 e. The van der Waals surface area contributed by atoms with Crippen molar-refractivity contribution in [2.75, 3.05) is 13.7 Å². The molecule has 3 aromatic rings. The lowest BCUT2D eigenvalue weighted by molar-refractivity contribution is -0.143. The molecule has 38 heavy (non-hydrogen) atoms. The number of nitrogens with one attached hydrogen (secondary N) is 1. The Bertz CT molecular complexity index is 1210. The summed E-state index contributed by atoms with van der Waals surface area (Å²) < 4.78 is 11.0. The minimum atomic E-state index is -0.737. The number of carbonyl (C=O) groups is 2. The molecule has 8 heteroatoms. The fourth-order valence-electron chi connectivity index (χ4n) is 4.66. The van der Waals surface area contributed by atoms with Crippen LogP contribution in [0.5, 0.6) is 11.5 Å². The molecule has 1 aliphatic carbocycles. The lowest BCUT2D eigenvalue weighted by Crippen LogP contribution is -2.53. The van der Waals surface area contributed by atoms with Crippen molar-refractivity contribution in [3.63, 3.8) is 0 Å². The standard InChI is InChI=1S/C30H32Cl2N2O4/c1-37-24-12-14-25(15-13-24)38-20-29(35)34(19-22-11-16-26(31)27(32)17-22)28(18-21-7-3-2-4-8-21)30(36)33-23-9-5-6-10-23/h2-4,7-8,11-17,23,28H,5-6,9-10,18-20H2,1H3,(H,33,36)/t28-/m0/s1. The average molecular weight is 556 g/mol. The first-order chi connectivity index (χ1) is 18.4. The number of amides is 2. The summed E-state index contributed by atoms with van der Waals surface area (Å²) in [5.41, 5.74) is 1.73. The van der Waals surface area contributed by atoms with Crippen LogP contribution in [0.2, 0.25) is 10.0 Å². The lowest BCUT2D eigenvalue weighted by Gasteiger charge is -2.32. The van der Waals surface area contributed by atoms with E-state index in [-0.39, 0.29) is 31.0 Å². The maximum absolute atomic E-state index is 13.7. The van der Waals surface area contributed by atoms with Crippen LogP contribution in [0.3, 0.4) is 0 Å². The molecule has 0 unspecified atom stereocenters. The SMILES string of the molecule is COc1ccc(OCC(=O)N(Cc2ccc(Cl)c(Cl)c2)[C@@H](Cc2ccccc2)C(=O)NC2CCCC2)cc1. The van der Waals surface area contributed by atoms with E-state index >= 15 is 0 Å². The molecule has 1 fully saturated rings. The van der Waals surface area contributed by atoms with Gasteiger partial charge in [-0.25, -0.2) is 0 Å². The van der Waals surface area contributed by atoms with Gasteiger partial charge in [-0.15, -0.1) is 0 Å². The van der Waals surface area contributed by atoms with Crippen LogP contribution < -0.4 is 14.8 Å². The Morgan fingerprint density at radius 2 is 1.61 bits per heavy atom. The summed E-state index contributed by atoms with van der Waals surface area (Å²) in [7, 11) is 1.59. The van der Waals surface area contributed by atoms with Gasteiger partial charge in [0.25, 0.3) is 5.91 Å². The van der Waals surface area contributed by atoms with E-state index in [2.05, 4.69) is 5.32 Å². The zero-order valence-corrected chi connectivity index (χ0v) is 22.9. The van der Waals surface area contributed by atoms with Gasteiger partial charge in [0.1, 0.15) is 17.5 Å². The summed E-state index contributed by atoms with van der Waals surface area (Å²) >= 11 is 12.4. The predicted octanol–water partition coefficient (Wildman–Crippen LogP) is 6.08. The second-order valence-corrected chi connectivity index (χ2v) is 10.2. The zero-order chi connectivity index (χ0) is 26.9. The van der Waals surface area contributed by atoms with Crippen molar-refractivity contribution in [1.82, 2.24) is 10.2 Å². The monoisotopic (exact) mass is 554 g/mol. The van der Waals surface area contributed by atoms with Crippen molar-refractivity contribution in [3.05, 3.63) is 94.0 Å². The van der Waals surface area contributed by atoms with Gasteiger partial charge in [-0.05, 0) is 60.4 Å². The highest BCUT2D eigenvalue weighted by Crippen LogP contribution is 2.25. The number of hydrogen-bond acceptors (Lipinski definition) is 4. The maximum Gasteiger partial charge on any atom is 0.261 e. The third kappa shape index (κ3) is 7.65. The smallest absolute Gasteiger partial charge is 0.261 e. The minimum Gasteiger partial charge on any atom is -0.497 e. The van der Waals surface area contributed by atoms with Crippen LogP contribution in [0.4, 0.5) is 0 Å². The van der Waals surface area contributed by atoms with Crippen molar-refractivity contribution in [1.29, 1.82) is 0 Å². The molecular weight excluding hydrogens is 523 g/mol. The Kier molecular flexibility index (Phi) is 9.91. The number of carbonyl (C=O) groups excluding carboxylic acids is 2. The molecule has 0 aliphatic heterocycles. The third-order valence-electron chi connectivity index (χ3n) is 6.73. The van der Waals surface area contributed by atoms with Gasteiger partial charge in [0.2, 0.25) is 5.91 Å². The Labute approximate surface area is 233 Å². The molecule has 1 aliphatic rings. The van der Waals surface area contributed by atoms with Gasteiger partial charge in [0.15, 0.2) is 6.61 Å². The van der Waals surface area contributed by atoms with Crippen LogP contribution >= 0.6 is 23.2 Å². The molecule has 0 saturated heterocycles. The van der Waals surface area contributed by atoms with Gasteiger partial charge in [-0.2, -0.15) is 0 Å². The summed E-state index contributed by atoms with van der Waals surface area (Å²) in [6, 6.07) is 21.3. The van der Waals surface area contributed by atoms with E-state index in [4.69, 9.17) is 32.7 Å².